The largest absolute Gasteiger partial charge is 0.491 e. The number of hydrogen-bond acceptors (Lipinski definition) is 3. The predicted octanol–water partition coefficient (Wildman–Crippen LogP) is 1.22. The van der Waals surface area contributed by atoms with Gasteiger partial charge in [0.2, 0.25) is 0 Å². The molecule has 0 aliphatic carbocycles. The third kappa shape index (κ3) is 1.60. The highest BCUT2D eigenvalue weighted by atomic mass is 16.5. The van der Waals surface area contributed by atoms with Crippen molar-refractivity contribution in [3.63, 3.8) is 0 Å². The Morgan fingerprint density at radius 3 is 3.15 bits per heavy atom. The number of hydrogen-bond donors (Lipinski definition) is 1. The summed E-state index contributed by atoms with van der Waals surface area (Å²) in [6.45, 7) is 0.632. The molecule has 70 valence electrons. The van der Waals surface area contributed by atoms with Crippen LogP contribution in [-0.4, -0.2) is 19.8 Å². The number of fused-ring (bicyclic) bond motifs is 1. The number of rotatable bonds is 1. The minimum Gasteiger partial charge on any atom is -0.491 e. The number of methoxy groups -OCH3 is 1. The first-order valence-corrected chi connectivity index (χ1v) is 4.33. The zero-order valence-corrected chi connectivity index (χ0v) is 7.62. The van der Waals surface area contributed by atoms with Gasteiger partial charge in [-0.15, -0.1) is 0 Å². The number of nitrogen functional groups attached to an aromatic ring is 1. The molecule has 0 radical (unpaired) electrons. The van der Waals surface area contributed by atoms with E-state index in [-0.39, 0.29) is 6.10 Å². The molecule has 0 amide bonds. The van der Waals surface area contributed by atoms with E-state index >= 15 is 0 Å². The molecule has 3 heteroatoms. The molecule has 0 fully saturated rings. The lowest BCUT2D eigenvalue weighted by Gasteiger charge is -2.24. The molecule has 1 unspecified atom stereocenters. The molecule has 0 bridgehead atoms. The van der Waals surface area contributed by atoms with E-state index in [9.17, 15) is 0 Å². The van der Waals surface area contributed by atoms with Gasteiger partial charge >= 0.3 is 0 Å². The molecule has 1 aromatic carbocycles. The van der Waals surface area contributed by atoms with Crippen molar-refractivity contribution in [2.75, 3.05) is 19.5 Å². The van der Waals surface area contributed by atoms with E-state index in [4.69, 9.17) is 15.2 Å². The summed E-state index contributed by atoms with van der Waals surface area (Å²) in [5.41, 5.74) is 7.59. The van der Waals surface area contributed by atoms with Gasteiger partial charge in [0.1, 0.15) is 12.4 Å². The van der Waals surface area contributed by atoms with E-state index in [0.717, 1.165) is 23.4 Å². The van der Waals surface area contributed by atoms with Gasteiger partial charge < -0.3 is 15.2 Å². The number of anilines is 1. The number of ether oxygens (including phenoxy) is 2. The van der Waals surface area contributed by atoms with Crippen molar-refractivity contribution in [1.29, 1.82) is 0 Å². The molecule has 3 nitrogen and oxygen atoms in total. The topological polar surface area (TPSA) is 44.5 Å². The van der Waals surface area contributed by atoms with E-state index in [0.29, 0.717) is 6.61 Å². The molecule has 0 saturated heterocycles. The average molecular weight is 179 g/mol. The van der Waals surface area contributed by atoms with Crippen molar-refractivity contribution in [1.82, 2.24) is 0 Å². The van der Waals surface area contributed by atoms with E-state index in [2.05, 4.69) is 0 Å². The molecular formula is C10H13NO2. The Morgan fingerprint density at radius 2 is 2.38 bits per heavy atom. The SMILES string of the molecule is COC1COc2ccc(N)cc2C1. The highest BCUT2D eigenvalue weighted by Gasteiger charge is 2.18. The summed E-state index contributed by atoms with van der Waals surface area (Å²) in [5.74, 6) is 0.933. The first-order chi connectivity index (χ1) is 6.29. The fourth-order valence-corrected chi connectivity index (χ4v) is 1.54. The second-order valence-corrected chi connectivity index (χ2v) is 3.24. The van der Waals surface area contributed by atoms with Crippen LogP contribution in [0.5, 0.6) is 5.75 Å². The van der Waals surface area contributed by atoms with Gasteiger partial charge in [-0.1, -0.05) is 0 Å². The molecule has 1 heterocycles. The smallest absolute Gasteiger partial charge is 0.122 e. The standard InChI is InChI=1S/C10H13NO2/c1-12-9-5-7-4-8(11)2-3-10(7)13-6-9/h2-4,9H,5-6,11H2,1H3. The van der Waals surface area contributed by atoms with Crippen LogP contribution >= 0.6 is 0 Å². The van der Waals surface area contributed by atoms with Gasteiger partial charge in [-0.2, -0.15) is 0 Å². The molecule has 2 rings (SSSR count). The number of nitrogens with two attached hydrogens (primary N) is 1. The first kappa shape index (κ1) is 8.38. The van der Waals surface area contributed by atoms with E-state index in [1.54, 1.807) is 7.11 Å². The summed E-state index contributed by atoms with van der Waals surface area (Å²) < 4.78 is 10.7. The van der Waals surface area contributed by atoms with Crippen LogP contribution in [0.25, 0.3) is 0 Å². The molecule has 0 aromatic heterocycles. The maximum Gasteiger partial charge on any atom is 0.122 e. The lowest BCUT2D eigenvalue weighted by atomic mass is 10.0. The maximum atomic E-state index is 5.67. The van der Waals surface area contributed by atoms with Gasteiger partial charge in [-0.05, 0) is 23.8 Å². The van der Waals surface area contributed by atoms with E-state index < -0.39 is 0 Å². The fourth-order valence-electron chi connectivity index (χ4n) is 1.54. The molecule has 0 saturated carbocycles. The van der Waals surface area contributed by atoms with E-state index in [1.807, 2.05) is 18.2 Å². The van der Waals surface area contributed by atoms with Crippen LogP contribution in [0.1, 0.15) is 5.56 Å². The summed E-state index contributed by atoms with van der Waals surface area (Å²) in [7, 11) is 1.70. The Balaban J connectivity index is 2.27. The fraction of sp³-hybridized carbons (Fsp3) is 0.400. The average Bonchev–Trinajstić information content (AvgIpc) is 2.16. The van der Waals surface area contributed by atoms with Crippen LogP contribution in [-0.2, 0) is 11.2 Å². The van der Waals surface area contributed by atoms with Crippen molar-refractivity contribution in [3.8, 4) is 5.75 Å². The molecular weight excluding hydrogens is 166 g/mol. The van der Waals surface area contributed by atoms with Crippen molar-refractivity contribution in [2.24, 2.45) is 0 Å². The number of benzene rings is 1. The predicted molar refractivity (Wildman–Crippen MR) is 50.9 cm³/mol. The van der Waals surface area contributed by atoms with Crippen molar-refractivity contribution < 1.29 is 9.47 Å². The lowest BCUT2D eigenvalue weighted by molar-refractivity contribution is 0.0468. The molecule has 0 spiro atoms. The Morgan fingerprint density at radius 1 is 1.54 bits per heavy atom. The third-order valence-corrected chi connectivity index (χ3v) is 2.29. The normalized spacial score (nSPS) is 20.5. The molecule has 2 N–H and O–H groups in total. The van der Waals surface area contributed by atoms with Crippen LogP contribution in [0.3, 0.4) is 0 Å². The lowest BCUT2D eigenvalue weighted by Crippen LogP contribution is -2.27. The summed E-state index contributed by atoms with van der Waals surface area (Å²) in [4.78, 5) is 0. The Hall–Kier alpha value is -1.22. The Labute approximate surface area is 77.5 Å². The van der Waals surface area contributed by atoms with Gasteiger partial charge in [0.15, 0.2) is 0 Å². The minimum absolute atomic E-state index is 0.161. The Kier molecular flexibility index (Phi) is 2.10. The van der Waals surface area contributed by atoms with Gasteiger partial charge in [-0.3, -0.25) is 0 Å². The molecule has 1 aromatic rings. The molecule has 1 atom stereocenters. The van der Waals surface area contributed by atoms with Gasteiger partial charge in [0.05, 0.1) is 6.10 Å². The van der Waals surface area contributed by atoms with Gasteiger partial charge in [-0.25, -0.2) is 0 Å². The van der Waals surface area contributed by atoms with Gasteiger partial charge in [0.25, 0.3) is 0 Å². The van der Waals surface area contributed by atoms with Gasteiger partial charge in [0, 0.05) is 19.2 Å². The second-order valence-electron chi connectivity index (χ2n) is 3.24. The van der Waals surface area contributed by atoms with Crippen LogP contribution in [0.2, 0.25) is 0 Å². The highest BCUT2D eigenvalue weighted by Crippen LogP contribution is 2.27. The minimum atomic E-state index is 0.161. The first-order valence-electron chi connectivity index (χ1n) is 4.33. The quantitative estimate of drug-likeness (QED) is 0.659. The summed E-state index contributed by atoms with van der Waals surface area (Å²) in [6.07, 6.45) is 1.05. The summed E-state index contributed by atoms with van der Waals surface area (Å²) in [5, 5.41) is 0. The zero-order chi connectivity index (χ0) is 9.26. The van der Waals surface area contributed by atoms with Crippen molar-refractivity contribution >= 4 is 5.69 Å². The molecule has 13 heavy (non-hydrogen) atoms. The highest BCUT2D eigenvalue weighted by molar-refractivity contribution is 5.48. The van der Waals surface area contributed by atoms with E-state index in [1.165, 1.54) is 0 Å². The van der Waals surface area contributed by atoms with Crippen molar-refractivity contribution in [3.05, 3.63) is 23.8 Å². The van der Waals surface area contributed by atoms with Crippen molar-refractivity contribution in [2.45, 2.75) is 12.5 Å². The maximum absolute atomic E-state index is 5.67. The zero-order valence-electron chi connectivity index (χ0n) is 7.62. The third-order valence-electron chi connectivity index (χ3n) is 2.29. The van der Waals surface area contributed by atoms with Crippen LogP contribution in [0.15, 0.2) is 18.2 Å². The van der Waals surface area contributed by atoms with Crippen LogP contribution in [0.4, 0.5) is 5.69 Å². The van der Waals surface area contributed by atoms with Crippen LogP contribution in [0, 0.1) is 0 Å². The monoisotopic (exact) mass is 179 g/mol. The molecule has 1 aliphatic rings. The molecule has 1 aliphatic heterocycles. The van der Waals surface area contributed by atoms with Crippen LogP contribution < -0.4 is 10.5 Å². The second kappa shape index (κ2) is 3.26. The summed E-state index contributed by atoms with van der Waals surface area (Å²) in [6, 6.07) is 5.71. The Bertz CT molecular complexity index is 312. The summed E-state index contributed by atoms with van der Waals surface area (Å²) >= 11 is 0.